The Balaban J connectivity index is 1.35. The van der Waals surface area contributed by atoms with E-state index in [-0.39, 0.29) is 23.2 Å². The highest BCUT2D eigenvalue weighted by atomic mass is 33.1. The lowest BCUT2D eigenvalue weighted by Crippen LogP contribution is -2.42. The zero-order valence-electron chi connectivity index (χ0n) is 32.8. The molecule has 1 aliphatic heterocycles. The van der Waals surface area contributed by atoms with E-state index in [0.717, 1.165) is 61.8 Å². The van der Waals surface area contributed by atoms with Gasteiger partial charge in [0.15, 0.2) is 34.7 Å². The second-order valence-corrected chi connectivity index (χ2v) is 17.7. The number of aromatic hydroxyl groups is 2. The molecule has 1 heterocycles. The SMILES string of the molecule is CN=C1NCSSC[C@H]2CCC[C@]2(Cc2ccc(O)c(OC)c2)C(=O)C=CCCc2cc(c(O)c(O[C@]3(CNC)CC[C@H](CCOCNC[C@H](C)O)C3)c2)N1. The van der Waals surface area contributed by atoms with Crippen LogP contribution in [0.25, 0.3) is 0 Å². The minimum absolute atomic E-state index is 0.0319. The van der Waals surface area contributed by atoms with Crippen LogP contribution >= 0.6 is 21.6 Å². The number of rotatable bonds is 14. The highest BCUT2D eigenvalue weighted by Crippen LogP contribution is 2.50. The van der Waals surface area contributed by atoms with Crippen molar-refractivity contribution in [2.45, 2.75) is 82.8 Å². The quantitative estimate of drug-likeness (QED) is 0.0515. The van der Waals surface area contributed by atoms with Crippen molar-refractivity contribution in [1.29, 1.82) is 0 Å². The van der Waals surface area contributed by atoms with Gasteiger partial charge >= 0.3 is 0 Å². The van der Waals surface area contributed by atoms with Crippen molar-refractivity contribution in [2.75, 3.05) is 64.6 Å². The first kappa shape index (κ1) is 43.0. The molecule has 304 valence electrons. The normalized spacial score (nSPS) is 26.2. The number of allylic oxidation sites excluding steroid dienone is 2. The van der Waals surface area contributed by atoms with Gasteiger partial charge in [-0.25, -0.2) is 0 Å². The fourth-order valence-electron chi connectivity index (χ4n) is 8.34. The van der Waals surface area contributed by atoms with Crippen molar-refractivity contribution in [1.82, 2.24) is 16.0 Å². The van der Waals surface area contributed by atoms with Crippen molar-refractivity contribution in [2.24, 2.45) is 22.2 Å². The Morgan fingerprint density at radius 2 is 1.98 bits per heavy atom. The third-order valence-electron chi connectivity index (χ3n) is 11.2. The van der Waals surface area contributed by atoms with Gasteiger partial charge in [0.2, 0.25) is 0 Å². The molecule has 2 aliphatic carbocycles. The molecule has 0 unspecified atom stereocenters. The van der Waals surface area contributed by atoms with Crippen molar-refractivity contribution in [3.63, 3.8) is 0 Å². The molecular weight excluding hydrogens is 739 g/mol. The average Bonchev–Trinajstić information content (AvgIpc) is 3.76. The Labute approximate surface area is 334 Å². The molecule has 2 aromatic carbocycles. The summed E-state index contributed by atoms with van der Waals surface area (Å²) in [6.07, 6.45) is 11.6. The zero-order valence-corrected chi connectivity index (χ0v) is 34.5. The van der Waals surface area contributed by atoms with Gasteiger partial charge in [0.05, 0.1) is 31.5 Å². The molecule has 5 rings (SSSR count). The summed E-state index contributed by atoms with van der Waals surface area (Å²) < 4.78 is 18.0. The fraction of sp³-hybridized carbons (Fsp3) is 0.610. The first-order chi connectivity index (χ1) is 26.6. The molecule has 5 atom stereocenters. The second-order valence-electron chi connectivity index (χ2n) is 15.2. The van der Waals surface area contributed by atoms with Gasteiger partial charge in [0.1, 0.15) is 5.60 Å². The number of hydrogen-bond acceptors (Lipinski definition) is 12. The van der Waals surface area contributed by atoms with E-state index in [4.69, 9.17) is 14.2 Å². The number of likely N-dealkylation sites (N-methyl/N-ethyl adjacent to an activating group) is 1. The van der Waals surface area contributed by atoms with Gasteiger partial charge in [0.25, 0.3) is 0 Å². The van der Waals surface area contributed by atoms with Crippen LogP contribution in [0.2, 0.25) is 0 Å². The lowest BCUT2D eigenvalue weighted by molar-refractivity contribution is -0.125. The van der Waals surface area contributed by atoms with Crippen LogP contribution in [0.1, 0.15) is 69.4 Å². The number of anilines is 1. The number of benzene rings is 2. The van der Waals surface area contributed by atoms with Gasteiger partial charge in [-0.15, -0.1) is 0 Å². The number of nitrogens with zero attached hydrogens (tertiary/aromatic N) is 1. The molecule has 0 amide bonds. The third-order valence-corrected chi connectivity index (χ3v) is 13.4. The van der Waals surface area contributed by atoms with Crippen LogP contribution in [0.4, 0.5) is 5.69 Å². The number of aryl methyl sites for hydroxylation is 1. The highest BCUT2D eigenvalue weighted by molar-refractivity contribution is 8.76. The number of ketones is 1. The number of hydrogen-bond donors (Lipinski definition) is 7. The number of phenolic OH excluding ortho intramolecular Hbond substituents is 2. The summed E-state index contributed by atoms with van der Waals surface area (Å²) in [5.41, 5.74) is 1.41. The summed E-state index contributed by atoms with van der Waals surface area (Å²) in [4.78, 5) is 18.7. The number of aliphatic hydroxyl groups excluding tert-OH is 1. The Bertz CT molecular complexity index is 1630. The number of aliphatic hydroxyl groups is 1. The summed E-state index contributed by atoms with van der Waals surface area (Å²) in [7, 11) is 8.62. The Morgan fingerprint density at radius 3 is 2.76 bits per heavy atom. The van der Waals surface area contributed by atoms with E-state index >= 15 is 0 Å². The summed E-state index contributed by atoms with van der Waals surface area (Å²) in [5.74, 6) is 3.67. The number of aliphatic imine (C=N–C) groups is 1. The smallest absolute Gasteiger partial charge is 0.196 e. The molecule has 2 fully saturated rings. The summed E-state index contributed by atoms with van der Waals surface area (Å²) in [6, 6.07) is 9.27. The summed E-state index contributed by atoms with van der Waals surface area (Å²) >= 11 is 0. The molecule has 0 saturated heterocycles. The average molecular weight is 800 g/mol. The van der Waals surface area contributed by atoms with Gasteiger partial charge in [-0.05, 0) is 125 Å². The van der Waals surface area contributed by atoms with Crippen LogP contribution in [0.5, 0.6) is 23.0 Å². The fourth-order valence-corrected chi connectivity index (χ4v) is 10.6. The van der Waals surface area contributed by atoms with Crippen molar-refractivity contribution >= 4 is 39.0 Å². The first-order valence-electron chi connectivity index (χ1n) is 19.5. The molecule has 0 spiro atoms. The van der Waals surface area contributed by atoms with Gasteiger partial charge in [-0.2, -0.15) is 0 Å². The van der Waals surface area contributed by atoms with E-state index < -0.39 is 17.1 Å². The van der Waals surface area contributed by atoms with Crippen LogP contribution in [-0.2, 0) is 22.4 Å². The van der Waals surface area contributed by atoms with E-state index in [1.165, 1.54) is 0 Å². The zero-order chi connectivity index (χ0) is 39.3. The standard InChI is InChI=1S/C41H61N5O7S2/c1-28(47)23-44-26-52-17-14-29-13-16-40(21-29,25-42-2)53-36-19-30-8-5-6-10-37(49)41(22-31-11-12-34(48)35(20-31)51-4)15-7-9-32(41)24-54-55-27-45-39(43-3)46-33(18-30)38(36)50/h6,10-12,18-20,28-29,32,42,44,47-48,50H,5,7-9,13-17,21-27H2,1-4H3,(H2,43,45,46)/t28-,29+,32+,40+,41+/m0/s1. The largest absolute Gasteiger partial charge is 0.504 e. The molecule has 3 aliphatic rings. The first-order valence-corrected chi connectivity index (χ1v) is 22.0. The van der Waals surface area contributed by atoms with Gasteiger partial charge in [-0.3, -0.25) is 15.1 Å². The number of carbonyl (C=O) groups is 1. The van der Waals surface area contributed by atoms with E-state index in [1.54, 1.807) is 54.8 Å². The Kier molecular flexibility index (Phi) is 16.3. The molecule has 0 radical (unpaired) electrons. The van der Waals surface area contributed by atoms with Gasteiger partial charge in [-0.1, -0.05) is 40.2 Å². The molecule has 7 N–H and O–H groups in total. The summed E-state index contributed by atoms with van der Waals surface area (Å²) in [6.45, 7) is 3.90. The Morgan fingerprint density at radius 1 is 1.13 bits per heavy atom. The summed E-state index contributed by atoms with van der Waals surface area (Å²) in [5, 5.41) is 44.5. The molecule has 2 aromatic rings. The van der Waals surface area contributed by atoms with Crippen LogP contribution < -0.4 is 30.7 Å². The predicted octanol–water partition coefficient (Wildman–Crippen LogP) is 6.01. The molecule has 55 heavy (non-hydrogen) atoms. The van der Waals surface area contributed by atoms with E-state index in [1.807, 2.05) is 37.4 Å². The predicted molar refractivity (Wildman–Crippen MR) is 223 cm³/mol. The number of carbonyl (C=O) groups excluding carboxylic acids is 1. The molecule has 2 bridgehead atoms. The van der Waals surface area contributed by atoms with Crippen LogP contribution in [0.3, 0.4) is 0 Å². The van der Waals surface area contributed by atoms with Crippen LogP contribution in [-0.4, -0.2) is 98.0 Å². The van der Waals surface area contributed by atoms with E-state index in [0.29, 0.717) is 80.6 Å². The van der Waals surface area contributed by atoms with Crippen molar-refractivity contribution in [3.05, 3.63) is 53.6 Å². The molecular formula is C41H61N5O7S2. The van der Waals surface area contributed by atoms with Crippen molar-refractivity contribution in [3.8, 4) is 23.0 Å². The molecule has 2 saturated carbocycles. The van der Waals surface area contributed by atoms with E-state index in [2.05, 4.69) is 26.3 Å². The maximum atomic E-state index is 14.3. The number of nitrogens with one attached hydrogen (secondary N) is 4. The highest BCUT2D eigenvalue weighted by Gasteiger charge is 2.47. The van der Waals surface area contributed by atoms with Crippen molar-refractivity contribution < 1.29 is 34.3 Å². The second kappa shape index (κ2) is 20.9. The third kappa shape index (κ3) is 11.7. The minimum Gasteiger partial charge on any atom is -0.504 e. The number of ether oxygens (including phenoxy) is 3. The molecule has 0 aromatic heterocycles. The topological polar surface area (TPSA) is 166 Å². The van der Waals surface area contributed by atoms with E-state index in [9.17, 15) is 20.1 Å². The lowest BCUT2D eigenvalue weighted by atomic mass is 9.70. The van der Waals surface area contributed by atoms with Gasteiger partial charge in [0, 0.05) is 37.9 Å². The van der Waals surface area contributed by atoms with Gasteiger partial charge < -0.3 is 45.5 Å². The van der Waals surface area contributed by atoms with Crippen LogP contribution in [0, 0.1) is 17.3 Å². The number of phenols is 2. The maximum absolute atomic E-state index is 14.3. The number of methoxy groups -OCH3 is 1. The van der Waals surface area contributed by atoms with Crippen LogP contribution in [0.15, 0.2) is 47.5 Å². The molecule has 14 heteroatoms. The minimum atomic E-state index is -0.542. The molecule has 12 nitrogen and oxygen atoms in total. The number of guanidine groups is 1. The monoisotopic (exact) mass is 799 g/mol. The lowest BCUT2D eigenvalue weighted by Gasteiger charge is -2.33. The number of fused-ring (bicyclic) bond motifs is 3. The maximum Gasteiger partial charge on any atom is 0.196 e. The Hall–Kier alpha value is -3.14.